The van der Waals surface area contributed by atoms with Crippen LogP contribution in [0.4, 0.5) is 5.69 Å². The van der Waals surface area contributed by atoms with Crippen LogP contribution >= 0.6 is 23.1 Å². The number of benzene rings is 1. The highest BCUT2D eigenvalue weighted by atomic mass is 32.2. The zero-order valence-electron chi connectivity index (χ0n) is 14.4. The van der Waals surface area contributed by atoms with Crippen LogP contribution in [0.2, 0.25) is 0 Å². The van der Waals surface area contributed by atoms with Crippen LogP contribution in [-0.2, 0) is 9.53 Å². The Morgan fingerprint density at radius 1 is 1.20 bits per heavy atom. The maximum absolute atomic E-state index is 12.1. The highest BCUT2D eigenvalue weighted by molar-refractivity contribution is 8.03. The Morgan fingerprint density at radius 2 is 1.84 bits per heavy atom. The van der Waals surface area contributed by atoms with Crippen molar-refractivity contribution in [2.45, 2.75) is 32.6 Å². The first kappa shape index (κ1) is 19.0. The highest BCUT2D eigenvalue weighted by Gasteiger charge is 2.16. The van der Waals surface area contributed by atoms with E-state index in [1.54, 1.807) is 6.07 Å². The van der Waals surface area contributed by atoms with Gasteiger partial charge in [-0.15, -0.1) is 11.3 Å². The summed E-state index contributed by atoms with van der Waals surface area (Å²) in [4.78, 5) is 26.9. The summed E-state index contributed by atoms with van der Waals surface area (Å²) in [6.45, 7) is 7.13. The molecule has 0 aliphatic heterocycles. The summed E-state index contributed by atoms with van der Waals surface area (Å²) < 4.78 is 5.11. The minimum Gasteiger partial charge on any atom is -0.452 e. The SMILES string of the molecule is Cc1cc(C(=O)OCC(=O)Nc2c(C)cc(SC#N)cc2C)c(C)s1. The number of nitrogens with zero attached hydrogens (tertiary/aromatic N) is 1. The molecule has 25 heavy (non-hydrogen) atoms. The molecule has 2 rings (SSSR count). The fourth-order valence-electron chi connectivity index (χ4n) is 2.45. The third-order valence-corrected chi connectivity index (χ3v) is 5.06. The standard InChI is InChI=1S/C18H18N2O3S2/c1-10-5-14(24-9-19)6-11(2)17(10)20-16(21)8-23-18(22)15-7-12(3)25-13(15)4/h5-7H,8H2,1-4H3,(H,20,21). The van der Waals surface area contributed by atoms with Crippen molar-refractivity contribution >= 4 is 40.7 Å². The van der Waals surface area contributed by atoms with Crippen molar-refractivity contribution in [2.75, 3.05) is 11.9 Å². The summed E-state index contributed by atoms with van der Waals surface area (Å²) in [7, 11) is 0. The molecule has 0 unspecified atom stereocenters. The third kappa shape index (κ3) is 4.84. The lowest BCUT2D eigenvalue weighted by Gasteiger charge is -2.13. The van der Waals surface area contributed by atoms with Gasteiger partial charge in [0.15, 0.2) is 6.61 Å². The number of ether oxygens (including phenoxy) is 1. The van der Waals surface area contributed by atoms with E-state index in [1.165, 1.54) is 11.3 Å². The van der Waals surface area contributed by atoms with Crippen molar-refractivity contribution in [1.29, 1.82) is 5.26 Å². The van der Waals surface area contributed by atoms with Gasteiger partial charge in [0.05, 0.1) is 5.56 Å². The molecule has 0 saturated carbocycles. The number of nitrogens with one attached hydrogen (secondary N) is 1. The Hall–Kier alpha value is -2.30. The molecule has 0 aliphatic rings. The summed E-state index contributed by atoms with van der Waals surface area (Å²) in [6, 6.07) is 5.43. The van der Waals surface area contributed by atoms with Gasteiger partial charge in [-0.2, -0.15) is 5.26 Å². The van der Waals surface area contributed by atoms with Gasteiger partial charge >= 0.3 is 5.97 Å². The number of carbonyl (C=O) groups excluding carboxylic acids is 2. The minimum atomic E-state index is -0.494. The number of hydrogen-bond donors (Lipinski definition) is 1. The molecule has 0 saturated heterocycles. The van der Waals surface area contributed by atoms with Crippen molar-refractivity contribution in [3.05, 3.63) is 44.6 Å². The van der Waals surface area contributed by atoms with E-state index in [1.807, 2.05) is 45.2 Å². The van der Waals surface area contributed by atoms with Crippen molar-refractivity contribution in [3.63, 3.8) is 0 Å². The molecular weight excluding hydrogens is 356 g/mol. The third-order valence-electron chi connectivity index (χ3n) is 3.53. The Labute approximate surface area is 155 Å². The second kappa shape index (κ2) is 8.19. The molecule has 0 aliphatic carbocycles. The molecule has 0 spiro atoms. The van der Waals surface area contributed by atoms with E-state index in [9.17, 15) is 9.59 Å². The molecule has 5 nitrogen and oxygen atoms in total. The predicted molar refractivity (Wildman–Crippen MR) is 100 cm³/mol. The number of thiocyanates is 1. The second-order valence-corrected chi connectivity index (χ2v) is 7.90. The van der Waals surface area contributed by atoms with E-state index in [-0.39, 0.29) is 6.61 Å². The number of carbonyl (C=O) groups is 2. The van der Waals surface area contributed by atoms with E-state index in [0.29, 0.717) is 11.3 Å². The molecule has 0 fully saturated rings. The van der Waals surface area contributed by atoms with Crippen LogP contribution in [0.15, 0.2) is 23.1 Å². The Morgan fingerprint density at radius 3 is 2.36 bits per heavy atom. The lowest BCUT2D eigenvalue weighted by molar-refractivity contribution is -0.119. The molecule has 1 aromatic carbocycles. The zero-order chi connectivity index (χ0) is 18.6. The molecule has 1 heterocycles. The summed E-state index contributed by atoms with van der Waals surface area (Å²) >= 11 is 2.59. The first-order valence-corrected chi connectivity index (χ1v) is 9.16. The zero-order valence-corrected chi connectivity index (χ0v) is 16.1. The Balaban J connectivity index is 2.00. The number of esters is 1. The van der Waals surface area contributed by atoms with Crippen LogP contribution in [0, 0.1) is 38.4 Å². The first-order chi connectivity index (χ1) is 11.8. The first-order valence-electron chi connectivity index (χ1n) is 7.53. The maximum Gasteiger partial charge on any atom is 0.339 e. The average Bonchev–Trinajstić information content (AvgIpc) is 2.87. The molecule has 0 radical (unpaired) electrons. The monoisotopic (exact) mass is 374 g/mol. The van der Waals surface area contributed by atoms with E-state index < -0.39 is 11.9 Å². The van der Waals surface area contributed by atoms with E-state index >= 15 is 0 Å². The molecular formula is C18H18N2O3S2. The molecule has 7 heteroatoms. The normalized spacial score (nSPS) is 10.2. The van der Waals surface area contributed by atoms with Gasteiger partial charge in [-0.25, -0.2) is 4.79 Å². The molecule has 2 aromatic rings. The van der Waals surface area contributed by atoms with E-state index in [2.05, 4.69) is 5.32 Å². The Kier molecular flexibility index (Phi) is 6.23. The van der Waals surface area contributed by atoms with Crippen molar-refractivity contribution in [1.82, 2.24) is 0 Å². The molecule has 1 N–H and O–H groups in total. The van der Waals surface area contributed by atoms with Crippen molar-refractivity contribution in [3.8, 4) is 5.40 Å². The largest absolute Gasteiger partial charge is 0.452 e. The number of aryl methyl sites for hydroxylation is 4. The average molecular weight is 374 g/mol. The Bertz CT molecular complexity index is 843. The summed E-state index contributed by atoms with van der Waals surface area (Å²) in [5.41, 5.74) is 2.87. The van der Waals surface area contributed by atoms with Gasteiger partial charge in [0, 0.05) is 20.3 Å². The number of thiophene rings is 1. The van der Waals surface area contributed by atoms with Gasteiger partial charge in [0.25, 0.3) is 5.91 Å². The molecule has 130 valence electrons. The number of hydrogen-bond acceptors (Lipinski definition) is 6. The van der Waals surface area contributed by atoms with Crippen LogP contribution in [0.25, 0.3) is 0 Å². The van der Waals surface area contributed by atoms with Gasteiger partial charge < -0.3 is 10.1 Å². The lowest BCUT2D eigenvalue weighted by Crippen LogP contribution is -2.22. The van der Waals surface area contributed by atoms with Gasteiger partial charge in [0.2, 0.25) is 0 Å². The molecule has 1 amide bonds. The van der Waals surface area contributed by atoms with E-state index in [0.717, 1.165) is 37.5 Å². The van der Waals surface area contributed by atoms with Crippen LogP contribution in [0.3, 0.4) is 0 Å². The molecule has 0 bridgehead atoms. The van der Waals surface area contributed by atoms with Gasteiger partial charge in [0.1, 0.15) is 5.40 Å². The van der Waals surface area contributed by atoms with Gasteiger partial charge in [-0.05, 0) is 68.8 Å². The minimum absolute atomic E-state index is 0.346. The highest BCUT2D eigenvalue weighted by Crippen LogP contribution is 2.27. The van der Waals surface area contributed by atoms with Crippen LogP contribution in [0.5, 0.6) is 0 Å². The fraction of sp³-hybridized carbons (Fsp3) is 0.278. The maximum atomic E-state index is 12.1. The summed E-state index contributed by atoms with van der Waals surface area (Å²) in [6.07, 6.45) is 0. The van der Waals surface area contributed by atoms with Gasteiger partial charge in [-0.1, -0.05) is 0 Å². The van der Waals surface area contributed by atoms with Crippen LogP contribution in [-0.4, -0.2) is 18.5 Å². The van der Waals surface area contributed by atoms with Gasteiger partial charge in [-0.3, -0.25) is 4.79 Å². The van der Waals surface area contributed by atoms with Crippen LogP contribution < -0.4 is 5.32 Å². The predicted octanol–water partition coefficient (Wildman–Crippen LogP) is 4.35. The molecule has 0 atom stereocenters. The topological polar surface area (TPSA) is 79.2 Å². The smallest absolute Gasteiger partial charge is 0.339 e. The second-order valence-electron chi connectivity index (χ2n) is 5.58. The van der Waals surface area contributed by atoms with E-state index in [4.69, 9.17) is 10.00 Å². The fourth-order valence-corrected chi connectivity index (χ4v) is 3.94. The number of thioether (sulfide) groups is 1. The number of amides is 1. The number of nitriles is 1. The quantitative estimate of drug-likeness (QED) is 0.478. The van der Waals surface area contributed by atoms with Crippen molar-refractivity contribution in [2.24, 2.45) is 0 Å². The number of anilines is 1. The number of rotatable bonds is 5. The lowest BCUT2D eigenvalue weighted by atomic mass is 10.1. The summed E-state index contributed by atoms with van der Waals surface area (Å²) in [5.74, 6) is -0.893. The van der Waals surface area contributed by atoms with Crippen LogP contribution in [0.1, 0.15) is 31.2 Å². The van der Waals surface area contributed by atoms with Crippen molar-refractivity contribution < 1.29 is 14.3 Å². The summed E-state index contributed by atoms with van der Waals surface area (Å²) in [5, 5.41) is 13.5. The molecule has 1 aromatic heterocycles.